The number of halogens is 1. The van der Waals surface area contributed by atoms with Gasteiger partial charge in [0.1, 0.15) is 11.5 Å². The molecule has 2 aromatic carbocycles. The third-order valence-corrected chi connectivity index (χ3v) is 5.18. The van der Waals surface area contributed by atoms with Crippen LogP contribution in [0.4, 0.5) is 0 Å². The highest BCUT2D eigenvalue weighted by molar-refractivity contribution is 5.85. The van der Waals surface area contributed by atoms with Crippen LogP contribution in [-0.4, -0.2) is 37.1 Å². The number of para-hydroxylation sites is 1. The number of benzene rings is 2. The maximum absolute atomic E-state index is 12.8. The standard InChI is InChI=1S/C22H28N2O3.ClH/c1-24(22(25)17-10-13-21(26-2)20(23)14-17)15-16-8-11-19(12-9-16)27-18-6-4-3-5-7-18;/h3-9,11-12,17,20-21H,10,13-15,23H2,1-2H3;1H/t17-,20+,21+;/m0./s1. The Labute approximate surface area is 173 Å². The minimum atomic E-state index is -0.0690. The fraction of sp³-hybridized carbons (Fsp3) is 0.409. The van der Waals surface area contributed by atoms with E-state index in [1.54, 1.807) is 12.0 Å². The van der Waals surface area contributed by atoms with E-state index in [9.17, 15) is 4.79 Å². The van der Waals surface area contributed by atoms with Crippen LogP contribution in [0.2, 0.25) is 0 Å². The second kappa shape index (κ2) is 10.5. The largest absolute Gasteiger partial charge is 0.457 e. The van der Waals surface area contributed by atoms with E-state index >= 15 is 0 Å². The lowest BCUT2D eigenvalue weighted by atomic mass is 9.83. The summed E-state index contributed by atoms with van der Waals surface area (Å²) >= 11 is 0. The molecule has 1 aliphatic rings. The topological polar surface area (TPSA) is 64.8 Å². The van der Waals surface area contributed by atoms with E-state index in [0.717, 1.165) is 29.9 Å². The van der Waals surface area contributed by atoms with E-state index in [0.29, 0.717) is 13.0 Å². The van der Waals surface area contributed by atoms with Crippen molar-refractivity contribution >= 4 is 18.3 Å². The van der Waals surface area contributed by atoms with Crippen molar-refractivity contribution in [1.29, 1.82) is 0 Å². The first-order chi connectivity index (χ1) is 13.1. The summed E-state index contributed by atoms with van der Waals surface area (Å²) in [5, 5.41) is 0. The van der Waals surface area contributed by atoms with Gasteiger partial charge in [0.05, 0.1) is 6.10 Å². The first-order valence-corrected chi connectivity index (χ1v) is 9.42. The Morgan fingerprint density at radius 2 is 1.71 bits per heavy atom. The Bertz CT molecular complexity index is 739. The number of methoxy groups -OCH3 is 1. The number of nitrogens with zero attached hydrogens (tertiary/aromatic N) is 1. The van der Waals surface area contributed by atoms with Crippen LogP contribution in [0.3, 0.4) is 0 Å². The maximum Gasteiger partial charge on any atom is 0.225 e. The fourth-order valence-electron chi connectivity index (χ4n) is 3.65. The third-order valence-electron chi connectivity index (χ3n) is 5.18. The number of carbonyl (C=O) groups is 1. The molecule has 6 heteroatoms. The zero-order valence-corrected chi connectivity index (χ0v) is 17.2. The summed E-state index contributed by atoms with van der Waals surface area (Å²) in [6.45, 7) is 0.573. The van der Waals surface area contributed by atoms with Gasteiger partial charge in [0.15, 0.2) is 0 Å². The number of rotatable bonds is 6. The highest BCUT2D eigenvalue weighted by Crippen LogP contribution is 2.27. The van der Waals surface area contributed by atoms with Gasteiger partial charge in [-0.1, -0.05) is 30.3 Å². The van der Waals surface area contributed by atoms with Gasteiger partial charge < -0.3 is 20.1 Å². The molecular formula is C22H29ClN2O3. The van der Waals surface area contributed by atoms with Gasteiger partial charge in [-0.3, -0.25) is 4.79 Å². The second-order valence-electron chi connectivity index (χ2n) is 7.20. The fourth-order valence-corrected chi connectivity index (χ4v) is 3.65. The third kappa shape index (κ3) is 5.71. The zero-order chi connectivity index (χ0) is 19.2. The van der Waals surface area contributed by atoms with E-state index < -0.39 is 0 Å². The minimum Gasteiger partial charge on any atom is -0.457 e. The Hall–Kier alpha value is -2.08. The van der Waals surface area contributed by atoms with Crippen molar-refractivity contribution in [2.24, 2.45) is 11.7 Å². The molecule has 2 aromatic rings. The second-order valence-corrected chi connectivity index (χ2v) is 7.20. The molecule has 0 aromatic heterocycles. The number of hydrogen-bond donors (Lipinski definition) is 1. The maximum atomic E-state index is 12.8. The first kappa shape index (κ1) is 22.2. The lowest BCUT2D eigenvalue weighted by Gasteiger charge is -2.34. The van der Waals surface area contributed by atoms with Crippen LogP contribution in [0.1, 0.15) is 24.8 Å². The van der Waals surface area contributed by atoms with Crippen LogP contribution in [0.15, 0.2) is 54.6 Å². The summed E-state index contributed by atoms with van der Waals surface area (Å²) in [5.74, 6) is 1.73. The van der Waals surface area contributed by atoms with Gasteiger partial charge in [0, 0.05) is 32.7 Å². The number of amides is 1. The van der Waals surface area contributed by atoms with Gasteiger partial charge in [-0.05, 0) is 49.1 Å². The van der Waals surface area contributed by atoms with Gasteiger partial charge in [-0.2, -0.15) is 0 Å². The summed E-state index contributed by atoms with van der Waals surface area (Å²) in [5.41, 5.74) is 7.21. The molecule has 5 nitrogen and oxygen atoms in total. The molecule has 0 radical (unpaired) electrons. The molecule has 152 valence electrons. The van der Waals surface area contributed by atoms with E-state index in [-0.39, 0.29) is 36.4 Å². The minimum absolute atomic E-state index is 0. The van der Waals surface area contributed by atoms with Gasteiger partial charge in [0.2, 0.25) is 5.91 Å². The zero-order valence-electron chi connectivity index (χ0n) is 16.4. The smallest absolute Gasteiger partial charge is 0.225 e. The van der Waals surface area contributed by atoms with E-state index in [1.165, 1.54) is 0 Å². The molecule has 1 amide bonds. The van der Waals surface area contributed by atoms with E-state index in [2.05, 4.69) is 0 Å². The monoisotopic (exact) mass is 404 g/mol. The molecule has 2 N–H and O–H groups in total. The summed E-state index contributed by atoms with van der Waals surface area (Å²) < 4.78 is 11.2. The van der Waals surface area contributed by atoms with Crippen LogP contribution in [0.25, 0.3) is 0 Å². The normalized spacial score (nSPS) is 21.5. The van der Waals surface area contributed by atoms with E-state index in [4.69, 9.17) is 15.2 Å². The van der Waals surface area contributed by atoms with Crippen molar-refractivity contribution in [3.63, 3.8) is 0 Å². The van der Waals surface area contributed by atoms with Crippen LogP contribution in [-0.2, 0) is 16.1 Å². The summed E-state index contributed by atoms with van der Waals surface area (Å²) in [7, 11) is 3.54. The molecule has 1 saturated carbocycles. The molecule has 3 rings (SSSR count). The van der Waals surface area contributed by atoms with Crippen LogP contribution >= 0.6 is 12.4 Å². The first-order valence-electron chi connectivity index (χ1n) is 9.42. The van der Waals surface area contributed by atoms with Crippen molar-refractivity contribution in [3.8, 4) is 11.5 Å². The van der Waals surface area contributed by atoms with Crippen molar-refractivity contribution in [3.05, 3.63) is 60.2 Å². The Balaban J connectivity index is 0.00000280. The van der Waals surface area contributed by atoms with Gasteiger partial charge in [-0.15, -0.1) is 12.4 Å². The molecule has 0 bridgehead atoms. The molecule has 0 spiro atoms. The molecule has 0 aliphatic heterocycles. The summed E-state index contributed by atoms with van der Waals surface area (Å²) in [4.78, 5) is 14.5. The Morgan fingerprint density at radius 3 is 2.32 bits per heavy atom. The predicted octanol–water partition coefficient (Wildman–Crippen LogP) is 4.00. The van der Waals surface area contributed by atoms with Gasteiger partial charge in [-0.25, -0.2) is 0 Å². The number of nitrogens with two attached hydrogens (primary N) is 1. The van der Waals surface area contributed by atoms with Crippen molar-refractivity contribution < 1.29 is 14.3 Å². The van der Waals surface area contributed by atoms with Crippen molar-refractivity contribution in [1.82, 2.24) is 4.90 Å². The van der Waals surface area contributed by atoms with E-state index in [1.807, 2.05) is 61.6 Å². The highest BCUT2D eigenvalue weighted by Gasteiger charge is 2.33. The molecule has 0 unspecified atom stereocenters. The van der Waals surface area contributed by atoms with Crippen molar-refractivity contribution in [2.45, 2.75) is 38.0 Å². The quantitative estimate of drug-likeness (QED) is 0.790. The predicted molar refractivity (Wildman–Crippen MR) is 113 cm³/mol. The Morgan fingerprint density at radius 1 is 1.07 bits per heavy atom. The van der Waals surface area contributed by atoms with Crippen molar-refractivity contribution in [2.75, 3.05) is 14.2 Å². The Kier molecular flexibility index (Phi) is 8.30. The SMILES string of the molecule is CO[C@@H]1CC[C@H](C(=O)N(C)Cc2ccc(Oc3ccccc3)cc2)C[C@H]1N.Cl. The molecule has 1 fully saturated rings. The van der Waals surface area contributed by atoms with Gasteiger partial charge in [0.25, 0.3) is 0 Å². The van der Waals surface area contributed by atoms with Crippen LogP contribution in [0.5, 0.6) is 11.5 Å². The number of hydrogen-bond acceptors (Lipinski definition) is 4. The summed E-state index contributed by atoms with van der Waals surface area (Å²) in [6.07, 6.45) is 2.43. The summed E-state index contributed by atoms with van der Waals surface area (Å²) in [6, 6.07) is 17.5. The molecule has 0 saturated heterocycles. The average molecular weight is 405 g/mol. The number of carbonyl (C=O) groups excluding carboxylic acids is 1. The molecule has 1 aliphatic carbocycles. The molecular weight excluding hydrogens is 376 g/mol. The van der Waals surface area contributed by atoms with Gasteiger partial charge >= 0.3 is 0 Å². The molecule has 0 heterocycles. The molecule has 3 atom stereocenters. The molecule has 28 heavy (non-hydrogen) atoms. The van der Waals surface area contributed by atoms with Crippen LogP contribution < -0.4 is 10.5 Å². The van der Waals surface area contributed by atoms with Crippen LogP contribution in [0, 0.1) is 5.92 Å². The lowest BCUT2D eigenvalue weighted by Crippen LogP contribution is -2.45. The number of ether oxygens (including phenoxy) is 2. The highest BCUT2D eigenvalue weighted by atomic mass is 35.5. The lowest BCUT2D eigenvalue weighted by molar-refractivity contribution is -0.137. The average Bonchev–Trinajstić information content (AvgIpc) is 2.69.